The van der Waals surface area contributed by atoms with Gasteiger partial charge in [-0.15, -0.1) is 0 Å². The van der Waals surface area contributed by atoms with E-state index in [-0.39, 0.29) is 24.1 Å². The molecular weight excluding hydrogens is 351 g/mol. The number of benzene rings is 1. The molecule has 0 unspecified atom stereocenters. The van der Waals surface area contributed by atoms with Crippen molar-refractivity contribution < 1.29 is 19.1 Å². The van der Waals surface area contributed by atoms with Gasteiger partial charge >= 0.3 is 0 Å². The number of anilines is 1. The van der Waals surface area contributed by atoms with Crippen LogP contribution in [0.1, 0.15) is 32.4 Å². The molecule has 142 valence electrons. The van der Waals surface area contributed by atoms with Gasteiger partial charge in [-0.1, -0.05) is 0 Å². The Bertz CT molecular complexity index is 982. The average Bonchev–Trinajstić information content (AvgIpc) is 3.07. The summed E-state index contributed by atoms with van der Waals surface area (Å²) in [6, 6.07) is 5.15. The number of nitrogens with one attached hydrogen (secondary N) is 1. The van der Waals surface area contributed by atoms with Crippen LogP contribution in [0.3, 0.4) is 0 Å². The van der Waals surface area contributed by atoms with E-state index >= 15 is 0 Å². The molecule has 0 radical (unpaired) electrons. The van der Waals surface area contributed by atoms with Gasteiger partial charge in [0.25, 0.3) is 6.47 Å². The summed E-state index contributed by atoms with van der Waals surface area (Å²) >= 11 is 0. The number of aromatic nitrogens is 3. The number of fused-ring (bicyclic) bond motifs is 1. The third-order valence-electron chi connectivity index (χ3n) is 3.84. The van der Waals surface area contributed by atoms with E-state index in [1.807, 2.05) is 23.9 Å². The average molecular weight is 372 g/mol. The van der Waals surface area contributed by atoms with Crippen molar-refractivity contribution in [2.45, 2.75) is 33.7 Å². The van der Waals surface area contributed by atoms with Crippen molar-refractivity contribution in [3.8, 4) is 11.3 Å². The summed E-state index contributed by atoms with van der Waals surface area (Å²) in [6.45, 7) is 7.12. The Morgan fingerprint density at radius 3 is 2.56 bits per heavy atom. The first-order valence-corrected chi connectivity index (χ1v) is 8.27. The van der Waals surface area contributed by atoms with Crippen LogP contribution in [0.15, 0.2) is 30.6 Å². The van der Waals surface area contributed by atoms with Crippen LogP contribution in [0, 0.1) is 12.7 Å². The second-order valence-electron chi connectivity index (χ2n) is 6.26. The molecule has 0 aliphatic carbocycles. The fraction of sp³-hybridized carbons (Fsp3) is 0.263. The van der Waals surface area contributed by atoms with E-state index < -0.39 is 5.82 Å². The minimum Gasteiger partial charge on any atom is -0.483 e. The SMILES string of the molecule is CC(=O)Nc1cc2nc(-c3cnn(C(C)C)c3)cc(C)c2cc1F.O=CO. The van der Waals surface area contributed by atoms with Gasteiger partial charge in [-0.05, 0) is 44.5 Å². The van der Waals surface area contributed by atoms with Crippen LogP contribution >= 0.6 is 0 Å². The highest BCUT2D eigenvalue weighted by molar-refractivity contribution is 5.93. The summed E-state index contributed by atoms with van der Waals surface area (Å²) in [5.74, 6) is -0.790. The number of pyridine rings is 1. The Hall–Kier alpha value is -3.29. The van der Waals surface area contributed by atoms with Gasteiger partial charge in [0.15, 0.2) is 0 Å². The minimum atomic E-state index is -0.469. The van der Waals surface area contributed by atoms with Crippen LogP contribution < -0.4 is 5.32 Å². The number of aryl methyl sites for hydroxylation is 1. The normalized spacial score (nSPS) is 10.4. The Morgan fingerprint density at radius 1 is 1.33 bits per heavy atom. The first-order valence-electron chi connectivity index (χ1n) is 8.27. The minimum absolute atomic E-state index is 0.136. The number of nitrogens with zero attached hydrogens (tertiary/aromatic N) is 3. The summed E-state index contributed by atoms with van der Waals surface area (Å²) < 4.78 is 16.0. The van der Waals surface area contributed by atoms with Crippen LogP contribution in [0.4, 0.5) is 10.1 Å². The lowest BCUT2D eigenvalue weighted by Gasteiger charge is -2.09. The third kappa shape index (κ3) is 4.66. The van der Waals surface area contributed by atoms with Gasteiger partial charge < -0.3 is 10.4 Å². The molecule has 0 saturated heterocycles. The summed E-state index contributed by atoms with van der Waals surface area (Å²) in [6.07, 6.45) is 3.71. The van der Waals surface area contributed by atoms with Crippen LogP contribution in [-0.4, -0.2) is 32.3 Å². The monoisotopic (exact) mass is 372 g/mol. The maximum Gasteiger partial charge on any atom is 0.290 e. The molecule has 2 heterocycles. The number of halogens is 1. The van der Waals surface area contributed by atoms with Crippen molar-refractivity contribution in [1.82, 2.24) is 14.8 Å². The van der Waals surface area contributed by atoms with Crippen molar-refractivity contribution in [3.63, 3.8) is 0 Å². The van der Waals surface area contributed by atoms with E-state index in [9.17, 15) is 9.18 Å². The predicted octanol–water partition coefficient (Wildman–Crippen LogP) is 3.79. The zero-order valence-electron chi connectivity index (χ0n) is 15.5. The molecule has 0 fully saturated rings. The largest absolute Gasteiger partial charge is 0.483 e. The molecule has 3 rings (SSSR count). The van der Waals surface area contributed by atoms with E-state index in [1.165, 1.54) is 13.0 Å². The molecule has 0 saturated carbocycles. The lowest BCUT2D eigenvalue weighted by molar-refractivity contribution is -0.123. The van der Waals surface area contributed by atoms with Gasteiger partial charge in [0.1, 0.15) is 5.82 Å². The number of rotatable bonds is 3. The summed E-state index contributed by atoms with van der Waals surface area (Å²) in [5.41, 5.74) is 3.36. The second kappa shape index (κ2) is 8.39. The molecule has 0 aliphatic heterocycles. The maximum absolute atomic E-state index is 14.1. The standard InChI is InChI=1S/C18H19FN4O.CH2O2/c1-10(2)23-9-13(8-20-23)16-5-11(3)14-6-15(19)18(21-12(4)24)7-17(14)22-16;2-1-3/h5-10H,1-4H3,(H,21,24);1H,(H,2,3). The topological polar surface area (TPSA) is 97.1 Å². The molecule has 2 aromatic heterocycles. The number of carbonyl (C=O) groups is 2. The lowest BCUT2D eigenvalue weighted by Crippen LogP contribution is -2.07. The summed E-state index contributed by atoms with van der Waals surface area (Å²) in [4.78, 5) is 24.2. The third-order valence-corrected chi connectivity index (χ3v) is 3.84. The molecule has 1 amide bonds. The van der Waals surface area contributed by atoms with E-state index in [1.54, 1.807) is 12.3 Å². The highest BCUT2D eigenvalue weighted by Crippen LogP contribution is 2.28. The quantitative estimate of drug-likeness (QED) is 0.682. The van der Waals surface area contributed by atoms with Gasteiger partial charge in [-0.3, -0.25) is 14.3 Å². The molecule has 0 atom stereocenters. The van der Waals surface area contributed by atoms with Gasteiger partial charge in [-0.2, -0.15) is 5.10 Å². The number of carboxylic acid groups (broad SMARTS) is 1. The lowest BCUT2D eigenvalue weighted by atomic mass is 10.1. The van der Waals surface area contributed by atoms with E-state index in [4.69, 9.17) is 9.90 Å². The van der Waals surface area contributed by atoms with Gasteiger partial charge in [0, 0.05) is 30.1 Å². The van der Waals surface area contributed by atoms with E-state index in [2.05, 4.69) is 29.2 Å². The van der Waals surface area contributed by atoms with Crippen molar-refractivity contribution >= 4 is 29.0 Å². The van der Waals surface area contributed by atoms with E-state index in [0.717, 1.165) is 22.2 Å². The Balaban J connectivity index is 0.000000817. The number of amides is 1. The van der Waals surface area contributed by atoms with Gasteiger partial charge in [-0.25, -0.2) is 9.37 Å². The fourth-order valence-corrected chi connectivity index (χ4v) is 2.60. The Morgan fingerprint density at radius 2 is 2.00 bits per heavy atom. The zero-order chi connectivity index (χ0) is 20.1. The van der Waals surface area contributed by atoms with Crippen LogP contribution in [0.5, 0.6) is 0 Å². The van der Waals surface area contributed by atoms with Crippen LogP contribution in [0.2, 0.25) is 0 Å². The number of carbonyl (C=O) groups excluding carboxylic acids is 1. The molecule has 1 aromatic carbocycles. The predicted molar refractivity (Wildman–Crippen MR) is 101 cm³/mol. The molecule has 27 heavy (non-hydrogen) atoms. The molecule has 7 nitrogen and oxygen atoms in total. The highest BCUT2D eigenvalue weighted by Gasteiger charge is 2.12. The van der Waals surface area contributed by atoms with Gasteiger partial charge in [0.05, 0.1) is 23.1 Å². The Kier molecular flexibility index (Phi) is 6.23. The molecule has 8 heteroatoms. The summed E-state index contributed by atoms with van der Waals surface area (Å²) in [5, 5.41) is 14.4. The molecule has 0 spiro atoms. The van der Waals surface area contributed by atoms with Crippen LogP contribution in [-0.2, 0) is 9.59 Å². The second-order valence-corrected chi connectivity index (χ2v) is 6.26. The first kappa shape index (κ1) is 20.0. The number of hydrogen-bond acceptors (Lipinski definition) is 4. The molecule has 0 bridgehead atoms. The maximum atomic E-state index is 14.1. The molecule has 2 N–H and O–H groups in total. The zero-order valence-corrected chi connectivity index (χ0v) is 15.5. The van der Waals surface area contributed by atoms with Crippen molar-refractivity contribution in [1.29, 1.82) is 0 Å². The molecule has 3 aromatic rings. The fourth-order valence-electron chi connectivity index (χ4n) is 2.60. The highest BCUT2D eigenvalue weighted by atomic mass is 19.1. The van der Waals surface area contributed by atoms with E-state index in [0.29, 0.717) is 5.52 Å². The molecular formula is C19H21FN4O3. The molecule has 0 aliphatic rings. The Labute approximate surface area is 155 Å². The van der Waals surface area contributed by atoms with Gasteiger partial charge in [0.2, 0.25) is 5.91 Å². The van der Waals surface area contributed by atoms with Crippen molar-refractivity contribution in [3.05, 3.63) is 42.0 Å². The van der Waals surface area contributed by atoms with Crippen molar-refractivity contribution in [2.24, 2.45) is 0 Å². The summed E-state index contributed by atoms with van der Waals surface area (Å²) in [7, 11) is 0. The van der Waals surface area contributed by atoms with Crippen LogP contribution in [0.25, 0.3) is 22.2 Å². The number of hydrogen-bond donors (Lipinski definition) is 2. The van der Waals surface area contributed by atoms with Crippen molar-refractivity contribution in [2.75, 3.05) is 5.32 Å². The first-order chi connectivity index (χ1) is 12.8. The smallest absolute Gasteiger partial charge is 0.290 e.